The van der Waals surface area contributed by atoms with Crippen molar-refractivity contribution in [1.82, 2.24) is 25.2 Å². The van der Waals surface area contributed by atoms with E-state index in [4.69, 9.17) is 11.6 Å². The van der Waals surface area contributed by atoms with Gasteiger partial charge in [0.1, 0.15) is 0 Å². The lowest BCUT2D eigenvalue weighted by Gasteiger charge is -2.29. The highest BCUT2D eigenvalue weighted by molar-refractivity contribution is 6.33. The van der Waals surface area contributed by atoms with Crippen LogP contribution in [0.1, 0.15) is 65.4 Å². The Labute approximate surface area is 169 Å². The van der Waals surface area contributed by atoms with Gasteiger partial charge in [-0.25, -0.2) is 4.68 Å². The van der Waals surface area contributed by atoms with Crippen molar-refractivity contribution in [2.45, 2.75) is 50.6 Å². The van der Waals surface area contributed by atoms with Crippen molar-refractivity contribution in [1.29, 1.82) is 0 Å². The molecule has 2 aliphatic rings. The number of halogens is 1. The first kappa shape index (κ1) is 18.9. The SMILES string of the molecule is O=C(NC1CCC(n2cc(C(=O)N3CCCC3)nn2)CC1)c1ccccc1Cl. The predicted octanol–water partition coefficient (Wildman–Crippen LogP) is 3.08. The first-order valence-corrected chi connectivity index (χ1v) is 10.3. The summed E-state index contributed by atoms with van der Waals surface area (Å²) in [4.78, 5) is 26.7. The minimum atomic E-state index is -0.131. The fraction of sp³-hybridized carbons (Fsp3) is 0.500. The summed E-state index contributed by atoms with van der Waals surface area (Å²) in [6, 6.07) is 7.40. The zero-order chi connectivity index (χ0) is 19.5. The number of rotatable bonds is 4. The molecule has 28 heavy (non-hydrogen) atoms. The molecule has 7 nitrogen and oxygen atoms in total. The Morgan fingerprint density at radius 1 is 1.07 bits per heavy atom. The summed E-state index contributed by atoms with van der Waals surface area (Å²) in [5.41, 5.74) is 0.934. The zero-order valence-electron chi connectivity index (χ0n) is 15.7. The van der Waals surface area contributed by atoms with E-state index in [-0.39, 0.29) is 23.9 Å². The highest BCUT2D eigenvalue weighted by atomic mass is 35.5. The van der Waals surface area contributed by atoms with Crippen molar-refractivity contribution >= 4 is 23.4 Å². The van der Waals surface area contributed by atoms with E-state index in [2.05, 4.69) is 15.6 Å². The van der Waals surface area contributed by atoms with Gasteiger partial charge in [0.05, 0.1) is 22.8 Å². The molecule has 1 N–H and O–H groups in total. The van der Waals surface area contributed by atoms with E-state index < -0.39 is 0 Å². The Bertz CT molecular complexity index is 854. The van der Waals surface area contributed by atoms with E-state index in [1.54, 1.807) is 18.3 Å². The molecule has 4 rings (SSSR count). The maximum atomic E-state index is 12.4. The molecule has 0 radical (unpaired) electrons. The molecule has 2 fully saturated rings. The monoisotopic (exact) mass is 401 g/mol. The van der Waals surface area contributed by atoms with Crippen LogP contribution in [0.5, 0.6) is 0 Å². The first-order valence-electron chi connectivity index (χ1n) is 9.88. The van der Waals surface area contributed by atoms with Crippen LogP contribution in [0.4, 0.5) is 0 Å². The van der Waals surface area contributed by atoms with Crippen LogP contribution in [0.25, 0.3) is 0 Å². The fourth-order valence-electron chi connectivity index (χ4n) is 4.03. The summed E-state index contributed by atoms with van der Waals surface area (Å²) in [7, 11) is 0. The van der Waals surface area contributed by atoms with Gasteiger partial charge in [-0.2, -0.15) is 0 Å². The zero-order valence-corrected chi connectivity index (χ0v) is 16.4. The van der Waals surface area contributed by atoms with E-state index in [1.807, 2.05) is 21.7 Å². The summed E-state index contributed by atoms with van der Waals surface area (Å²) < 4.78 is 1.81. The molecule has 1 aliphatic heterocycles. The second-order valence-corrected chi connectivity index (χ2v) is 7.95. The van der Waals surface area contributed by atoms with Crippen LogP contribution in [0.15, 0.2) is 30.5 Å². The highest BCUT2D eigenvalue weighted by Gasteiger charge is 2.27. The lowest BCUT2D eigenvalue weighted by atomic mass is 9.91. The van der Waals surface area contributed by atoms with Gasteiger partial charge in [-0.05, 0) is 50.7 Å². The molecular weight excluding hydrogens is 378 g/mol. The molecule has 8 heteroatoms. The van der Waals surface area contributed by atoms with Gasteiger partial charge in [0.15, 0.2) is 5.69 Å². The number of nitrogens with one attached hydrogen (secondary N) is 1. The average molecular weight is 402 g/mol. The van der Waals surface area contributed by atoms with Crippen LogP contribution in [-0.4, -0.2) is 50.8 Å². The van der Waals surface area contributed by atoms with E-state index in [0.717, 1.165) is 51.6 Å². The molecule has 2 amide bonds. The van der Waals surface area contributed by atoms with E-state index in [9.17, 15) is 9.59 Å². The smallest absolute Gasteiger partial charge is 0.276 e. The minimum absolute atomic E-state index is 0.0237. The van der Waals surface area contributed by atoms with Crippen LogP contribution in [0, 0.1) is 0 Å². The third-order valence-electron chi connectivity index (χ3n) is 5.65. The van der Waals surface area contributed by atoms with Gasteiger partial charge < -0.3 is 10.2 Å². The summed E-state index contributed by atoms with van der Waals surface area (Å²) in [6.07, 6.45) is 7.37. The van der Waals surface area contributed by atoms with E-state index >= 15 is 0 Å². The van der Waals surface area contributed by atoms with Gasteiger partial charge in [-0.3, -0.25) is 9.59 Å². The number of hydrogen-bond acceptors (Lipinski definition) is 4. The van der Waals surface area contributed by atoms with Crippen molar-refractivity contribution in [3.8, 4) is 0 Å². The van der Waals surface area contributed by atoms with Gasteiger partial charge in [0.2, 0.25) is 0 Å². The van der Waals surface area contributed by atoms with Crippen molar-refractivity contribution in [2.24, 2.45) is 0 Å². The number of likely N-dealkylation sites (tertiary alicyclic amines) is 1. The Balaban J connectivity index is 1.31. The average Bonchev–Trinajstić information content (AvgIpc) is 3.41. The lowest BCUT2D eigenvalue weighted by Crippen LogP contribution is -2.38. The molecule has 1 aromatic heterocycles. The third kappa shape index (κ3) is 4.04. The van der Waals surface area contributed by atoms with E-state index in [0.29, 0.717) is 16.3 Å². The number of aromatic nitrogens is 3. The first-order chi connectivity index (χ1) is 13.6. The number of benzene rings is 1. The third-order valence-corrected chi connectivity index (χ3v) is 5.98. The number of amides is 2. The van der Waals surface area contributed by atoms with Crippen molar-refractivity contribution in [3.63, 3.8) is 0 Å². The molecule has 2 heterocycles. The molecule has 148 valence electrons. The minimum Gasteiger partial charge on any atom is -0.349 e. The lowest BCUT2D eigenvalue weighted by molar-refractivity contribution is 0.0786. The largest absolute Gasteiger partial charge is 0.349 e. The standard InChI is InChI=1S/C20H24ClN5O2/c21-17-6-2-1-5-16(17)19(27)22-14-7-9-15(10-8-14)26-13-18(23-24-26)20(28)25-11-3-4-12-25/h1-2,5-6,13-15H,3-4,7-12H2,(H,22,27). The van der Waals surface area contributed by atoms with Gasteiger partial charge in [-0.1, -0.05) is 28.9 Å². The topological polar surface area (TPSA) is 80.1 Å². The van der Waals surface area contributed by atoms with E-state index in [1.165, 1.54) is 0 Å². The number of hydrogen-bond donors (Lipinski definition) is 1. The summed E-state index contributed by atoms with van der Waals surface area (Å²) >= 11 is 6.10. The van der Waals surface area contributed by atoms with Crippen molar-refractivity contribution < 1.29 is 9.59 Å². The van der Waals surface area contributed by atoms with Crippen LogP contribution >= 0.6 is 11.6 Å². The van der Waals surface area contributed by atoms with Crippen molar-refractivity contribution in [2.75, 3.05) is 13.1 Å². The van der Waals surface area contributed by atoms with Gasteiger partial charge in [0, 0.05) is 19.1 Å². The molecule has 1 aromatic carbocycles. The summed E-state index contributed by atoms with van der Waals surface area (Å²) in [5.74, 6) is -0.155. The van der Waals surface area contributed by atoms with Gasteiger partial charge in [-0.15, -0.1) is 5.10 Å². The Morgan fingerprint density at radius 3 is 2.50 bits per heavy atom. The number of nitrogens with zero attached hydrogens (tertiary/aromatic N) is 4. The molecule has 2 aromatic rings. The Morgan fingerprint density at radius 2 is 1.79 bits per heavy atom. The predicted molar refractivity (Wildman–Crippen MR) is 105 cm³/mol. The Hall–Kier alpha value is -2.41. The fourth-order valence-corrected chi connectivity index (χ4v) is 4.25. The molecule has 1 saturated carbocycles. The molecule has 1 saturated heterocycles. The quantitative estimate of drug-likeness (QED) is 0.853. The molecule has 1 aliphatic carbocycles. The molecule has 0 bridgehead atoms. The highest BCUT2D eigenvalue weighted by Crippen LogP contribution is 2.28. The van der Waals surface area contributed by atoms with Crippen LogP contribution in [0.3, 0.4) is 0 Å². The summed E-state index contributed by atoms with van der Waals surface area (Å²) in [5, 5.41) is 11.8. The van der Waals surface area contributed by atoms with Crippen molar-refractivity contribution in [3.05, 3.63) is 46.7 Å². The molecule has 0 atom stereocenters. The molecule has 0 unspecified atom stereocenters. The second kappa shape index (κ2) is 8.31. The maximum Gasteiger partial charge on any atom is 0.276 e. The summed E-state index contributed by atoms with van der Waals surface area (Å²) in [6.45, 7) is 1.61. The van der Waals surface area contributed by atoms with Crippen LogP contribution in [0.2, 0.25) is 5.02 Å². The molecular formula is C20H24ClN5O2. The normalized spacial score (nSPS) is 22.2. The maximum absolute atomic E-state index is 12.4. The Kier molecular flexibility index (Phi) is 5.62. The van der Waals surface area contributed by atoms with Crippen LogP contribution < -0.4 is 5.32 Å². The van der Waals surface area contributed by atoms with Gasteiger partial charge in [0.25, 0.3) is 11.8 Å². The molecule has 0 spiro atoms. The second-order valence-electron chi connectivity index (χ2n) is 7.54. The number of carbonyl (C=O) groups excluding carboxylic acids is 2. The van der Waals surface area contributed by atoms with Gasteiger partial charge >= 0.3 is 0 Å². The van der Waals surface area contributed by atoms with Crippen LogP contribution in [-0.2, 0) is 0 Å². The number of carbonyl (C=O) groups is 2.